The molecule has 0 unspecified atom stereocenters. The molecule has 4 aromatic rings. The standard InChI is InChI=1S/C20H14N2O3/c23-20(19-12-14-6-4-5-9-17(14)25-19)22-16-13-21-11-10-18(16)24-15-7-2-1-3-8-15/h1-13H,(H,22,23). The largest absolute Gasteiger partial charge is 0.455 e. The highest BCUT2D eigenvalue weighted by Crippen LogP contribution is 2.29. The first-order valence-electron chi connectivity index (χ1n) is 7.76. The lowest BCUT2D eigenvalue weighted by atomic mass is 10.2. The average molecular weight is 330 g/mol. The van der Waals surface area contributed by atoms with Crippen LogP contribution in [0.3, 0.4) is 0 Å². The Morgan fingerprint density at radius 3 is 2.64 bits per heavy atom. The van der Waals surface area contributed by atoms with Gasteiger partial charge in [0.1, 0.15) is 17.0 Å². The maximum Gasteiger partial charge on any atom is 0.291 e. The molecule has 25 heavy (non-hydrogen) atoms. The van der Waals surface area contributed by atoms with E-state index in [2.05, 4.69) is 10.3 Å². The maximum atomic E-state index is 12.5. The first-order valence-corrected chi connectivity index (χ1v) is 7.76. The zero-order valence-electron chi connectivity index (χ0n) is 13.2. The van der Waals surface area contributed by atoms with Gasteiger partial charge < -0.3 is 14.5 Å². The van der Waals surface area contributed by atoms with Crippen molar-refractivity contribution in [3.8, 4) is 11.5 Å². The van der Waals surface area contributed by atoms with Crippen molar-refractivity contribution in [1.82, 2.24) is 4.98 Å². The van der Waals surface area contributed by atoms with Crippen molar-refractivity contribution in [3.05, 3.63) is 84.9 Å². The summed E-state index contributed by atoms with van der Waals surface area (Å²) in [4.78, 5) is 16.6. The van der Waals surface area contributed by atoms with Crippen LogP contribution in [0.4, 0.5) is 5.69 Å². The number of ether oxygens (including phenoxy) is 1. The van der Waals surface area contributed by atoms with Gasteiger partial charge >= 0.3 is 0 Å². The van der Waals surface area contributed by atoms with Gasteiger partial charge in [-0.05, 0) is 24.3 Å². The third-order valence-corrected chi connectivity index (χ3v) is 3.65. The summed E-state index contributed by atoms with van der Waals surface area (Å²) in [5, 5.41) is 3.66. The molecule has 0 saturated carbocycles. The van der Waals surface area contributed by atoms with Gasteiger partial charge in [-0.1, -0.05) is 36.4 Å². The van der Waals surface area contributed by atoms with E-state index in [4.69, 9.17) is 9.15 Å². The number of aromatic nitrogens is 1. The quantitative estimate of drug-likeness (QED) is 0.579. The predicted molar refractivity (Wildman–Crippen MR) is 94.9 cm³/mol. The normalized spacial score (nSPS) is 10.6. The third kappa shape index (κ3) is 3.21. The highest BCUT2D eigenvalue weighted by molar-refractivity contribution is 6.05. The van der Waals surface area contributed by atoms with E-state index in [9.17, 15) is 4.79 Å². The Bertz CT molecular complexity index is 992. The molecule has 0 fully saturated rings. The Kier molecular flexibility index (Phi) is 3.88. The van der Waals surface area contributed by atoms with E-state index in [1.54, 1.807) is 24.5 Å². The topological polar surface area (TPSA) is 64.4 Å². The van der Waals surface area contributed by atoms with Crippen molar-refractivity contribution in [2.75, 3.05) is 5.32 Å². The fraction of sp³-hybridized carbons (Fsp3) is 0. The number of nitrogens with zero attached hydrogens (tertiary/aromatic N) is 1. The summed E-state index contributed by atoms with van der Waals surface area (Å²) in [6.45, 7) is 0. The van der Waals surface area contributed by atoms with Crippen LogP contribution >= 0.6 is 0 Å². The second kappa shape index (κ2) is 6.49. The molecular formula is C20H14N2O3. The monoisotopic (exact) mass is 330 g/mol. The SMILES string of the molecule is O=C(Nc1cnccc1Oc1ccccc1)c1cc2ccccc2o1. The van der Waals surface area contributed by atoms with E-state index in [0.29, 0.717) is 22.8 Å². The number of amides is 1. The molecule has 5 nitrogen and oxygen atoms in total. The lowest BCUT2D eigenvalue weighted by molar-refractivity contribution is 0.0998. The number of para-hydroxylation sites is 2. The first kappa shape index (κ1) is 15.0. The van der Waals surface area contributed by atoms with Crippen LogP contribution in [0.5, 0.6) is 11.5 Å². The van der Waals surface area contributed by atoms with Crippen molar-refractivity contribution in [3.63, 3.8) is 0 Å². The molecule has 1 N–H and O–H groups in total. The number of carbonyl (C=O) groups is 1. The molecule has 4 rings (SSSR count). The Balaban J connectivity index is 1.59. The number of furan rings is 1. The van der Waals surface area contributed by atoms with Crippen LogP contribution in [-0.2, 0) is 0 Å². The summed E-state index contributed by atoms with van der Waals surface area (Å²) in [6.07, 6.45) is 3.15. The van der Waals surface area contributed by atoms with Gasteiger partial charge in [-0.2, -0.15) is 0 Å². The number of fused-ring (bicyclic) bond motifs is 1. The molecular weight excluding hydrogens is 316 g/mol. The number of anilines is 1. The van der Waals surface area contributed by atoms with Gasteiger partial charge in [0.2, 0.25) is 0 Å². The van der Waals surface area contributed by atoms with Crippen LogP contribution in [0, 0.1) is 0 Å². The molecule has 0 saturated heterocycles. The molecule has 0 aliphatic carbocycles. The summed E-state index contributed by atoms with van der Waals surface area (Å²) < 4.78 is 11.4. The van der Waals surface area contributed by atoms with Gasteiger partial charge in [-0.15, -0.1) is 0 Å². The van der Waals surface area contributed by atoms with Gasteiger partial charge in [0.15, 0.2) is 11.5 Å². The summed E-state index contributed by atoms with van der Waals surface area (Å²) >= 11 is 0. The number of rotatable bonds is 4. The summed E-state index contributed by atoms with van der Waals surface area (Å²) in [6, 6.07) is 20.2. The van der Waals surface area contributed by atoms with Gasteiger partial charge in [-0.3, -0.25) is 9.78 Å². The zero-order chi connectivity index (χ0) is 17.1. The number of hydrogen-bond acceptors (Lipinski definition) is 4. The molecule has 2 aromatic carbocycles. The van der Waals surface area contributed by atoms with E-state index in [-0.39, 0.29) is 11.7 Å². The highest BCUT2D eigenvalue weighted by Gasteiger charge is 2.15. The second-order valence-electron chi connectivity index (χ2n) is 5.39. The van der Waals surface area contributed by atoms with E-state index < -0.39 is 0 Å². The van der Waals surface area contributed by atoms with Crippen LogP contribution in [0.25, 0.3) is 11.0 Å². The van der Waals surface area contributed by atoms with E-state index in [1.165, 1.54) is 0 Å². The van der Waals surface area contributed by atoms with Crippen molar-refractivity contribution < 1.29 is 13.9 Å². The molecule has 0 aliphatic heterocycles. The van der Waals surface area contributed by atoms with E-state index in [1.807, 2.05) is 54.6 Å². The van der Waals surface area contributed by atoms with Crippen molar-refractivity contribution in [2.24, 2.45) is 0 Å². The number of hydrogen-bond donors (Lipinski definition) is 1. The minimum atomic E-state index is -0.359. The van der Waals surface area contributed by atoms with Crippen LogP contribution < -0.4 is 10.1 Å². The number of pyridine rings is 1. The molecule has 2 heterocycles. The van der Waals surface area contributed by atoms with Gasteiger partial charge in [0, 0.05) is 17.6 Å². The lowest BCUT2D eigenvalue weighted by Crippen LogP contribution is -2.11. The van der Waals surface area contributed by atoms with Crippen LogP contribution in [0.15, 0.2) is 83.5 Å². The Morgan fingerprint density at radius 1 is 1.00 bits per heavy atom. The smallest absolute Gasteiger partial charge is 0.291 e. The molecule has 122 valence electrons. The van der Waals surface area contributed by atoms with Crippen LogP contribution in [0.1, 0.15) is 10.6 Å². The molecule has 1 amide bonds. The van der Waals surface area contributed by atoms with Gasteiger partial charge in [-0.25, -0.2) is 0 Å². The first-order chi connectivity index (χ1) is 12.3. The van der Waals surface area contributed by atoms with Crippen molar-refractivity contribution in [1.29, 1.82) is 0 Å². The summed E-state index contributed by atoms with van der Waals surface area (Å²) in [5.41, 5.74) is 1.14. The average Bonchev–Trinajstić information content (AvgIpc) is 3.09. The second-order valence-corrected chi connectivity index (χ2v) is 5.39. The number of carbonyl (C=O) groups excluding carboxylic acids is 1. The van der Waals surface area contributed by atoms with Gasteiger partial charge in [0.25, 0.3) is 5.91 Å². The third-order valence-electron chi connectivity index (χ3n) is 3.65. The Morgan fingerprint density at radius 2 is 1.80 bits per heavy atom. The Labute approximate surface area is 143 Å². The minimum absolute atomic E-state index is 0.232. The van der Waals surface area contributed by atoms with Crippen LogP contribution in [-0.4, -0.2) is 10.9 Å². The molecule has 0 aliphatic rings. The van der Waals surface area contributed by atoms with E-state index >= 15 is 0 Å². The lowest BCUT2D eigenvalue weighted by Gasteiger charge is -2.10. The number of benzene rings is 2. The Hall–Kier alpha value is -3.60. The number of nitrogens with one attached hydrogen (secondary N) is 1. The molecule has 0 bridgehead atoms. The fourth-order valence-corrected chi connectivity index (χ4v) is 2.46. The van der Waals surface area contributed by atoms with Gasteiger partial charge in [0.05, 0.1) is 6.20 Å². The summed E-state index contributed by atoms with van der Waals surface area (Å²) in [5.74, 6) is 1.05. The maximum absolute atomic E-state index is 12.5. The molecule has 0 radical (unpaired) electrons. The van der Waals surface area contributed by atoms with Crippen molar-refractivity contribution in [2.45, 2.75) is 0 Å². The fourth-order valence-electron chi connectivity index (χ4n) is 2.46. The molecule has 0 atom stereocenters. The van der Waals surface area contributed by atoms with E-state index in [0.717, 1.165) is 5.39 Å². The minimum Gasteiger partial charge on any atom is -0.455 e. The predicted octanol–water partition coefficient (Wildman–Crippen LogP) is 4.87. The zero-order valence-corrected chi connectivity index (χ0v) is 13.2. The van der Waals surface area contributed by atoms with Crippen molar-refractivity contribution >= 4 is 22.6 Å². The molecule has 5 heteroatoms. The highest BCUT2D eigenvalue weighted by atomic mass is 16.5. The summed E-state index contributed by atoms with van der Waals surface area (Å²) in [7, 11) is 0. The molecule has 0 spiro atoms. The molecule has 2 aromatic heterocycles. The van der Waals surface area contributed by atoms with Crippen LogP contribution in [0.2, 0.25) is 0 Å².